The van der Waals surface area contributed by atoms with Crippen LogP contribution >= 0.6 is 34.5 Å². The minimum absolute atomic E-state index is 0.0916. The summed E-state index contributed by atoms with van der Waals surface area (Å²) in [7, 11) is -4.06. The summed E-state index contributed by atoms with van der Waals surface area (Å²) in [5.41, 5.74) is 0.368. The number of rotatable bonds is 4. The van der Waals surface area contributed by atoms with Gasteiger partial charge < -0.3 is 5.32 Å². The number of fused-ring (bicyclic) bond motifs is 1. The van der Waals surface area contributed by atoms with Gasteiger partial charge in [-0.25, -0.2) is 32.5 Å². The van der Waals surface area contributed by atoms with E-state index in [4.69, 9.17) is 23.2 Å². The van der Waals surface area contributed by atoms with Crippen LogP contribution in [-0.2, 0) is 10.0 Å². The maximum atomic E-state index is 12.9. The van der Waals surface area contributed by atoms with Crippen LogP contribution in [0.4, 0.5) is 10.5 Å². The van der Waals surface area contributed by atoms with Crippen LogP contribution in [0.2, 0.25) is 9.36 Å². The van der Waals surface area contributed by atoms with Crippen molar-refractivity contribution in [2.24, 2.45) is 0 Å². The van der Waals surface area contributed by atoms with Gasteiger partial charge in [0.05, 0.1) is 27.1 Å². The number of hydrogen-bond donors (Lipinski definition) is 2. The Labute approximate surface area is 195 Å². The third kappa shape index (κ3) is 4.46. The summed E-state index contributed by atoms with van der Waals surface area (Å²) in [5.74, 6) is 0.681. The molecular weight excluding hydrogens is 497 g/mol. The second-order valence-electron chi connectivity index (χ2n) is 6.48. The van der Waals surface area contributed by atoms with E-state index < -0.39 is 16.1 Å². The molecule has 0 aliphatic rings. The topological polar surface area (TPSA) is 123 Å². The molecule has 1 aromatic carbocycles. The highest BCUT2D eigenvalue weighted by atomic mass is 35.5. The molecule has 0 fully saturated rings. The van der Waals surface area contributed by atoms with Crippen LogP contribution in [0.3, 0.4) is 0 Å². The number of halogens is 2. The Morgan fingerprint density at radius 2 is 1.91 bits per heavy atom. The Balaban J connectivity index is 1.55. The van der Waals surface area contributed by atoms with Crippen molar-refractivity contribution in [2.75, 3.05) is 5.32 Å². The quantitative estimate of drug-likeness (QED) is 0.429. The number of thiophene rings is 1. The molecule has 164 valence electrons. The normalized spacial score (nSPS) is 11.5. The van der Waals surface area contributed by atoms with Gasteiger partial charge in [-0.15, -0.1) is 11.3 Å². The van der Waals surface area contributed by atoms with Gasteiger partial charge in [-0.2, -0.15) is 0 Å². The van der Waals surface area contributed by atoms with Crippen molar-refractivity contribution in [3.8, 4) is 5.82 Å². The number of aryl methyl sites for hydroxylation is 1. The third-order valence-electron chi connectivity index (χ3n) is 4.27. The minimum atomic E-state index is -4.06. The molecule has 4 aromatic rings. The summed E-state index contributed by atoms with van der Waals surface area (Å²) in [6.45, 7) is 1.66. The van der Waals surface area contributed by atoms with Crippen molar-refractivity contribution in [3.05, 3.63) is 74.2 Å². The Morgan fingerprint density at radius 1 is 1.12 bits per heavy atom. The number of amides is 2. The molecule has 0 saturated heterocycles. The molecule has 3 heterocycles. The van der Waals surface area contributed by atoms with Crippen LogP contribution in [0.1, 0.15) is 5.82 Å². The van der Waals surface area contributed by atoms with Crippen molar-refractivity contribution in [1.82, 2.24) is 19.3 Å². The number of nitrogens with zero attached hydrogens (tertiary/aromatic N) is 3. The standard InChI is InChI=1S/C19H13Cl2N5O4S2/c1-10-23-14-8-11(20)2-4-13(14)18(27)26(10)16-6-3-12(9-22-16)24-19(28)25-32(29,30)17-7-5-15(21)31-17/h2-9H,1H3,(H2,24,25,28). The van der Waals surface area contributed by atoms with Gasteiger partial charge in [0.1, 0.15) is 15.9 Å². The highest BCUT2D eigenvalue weighted by molar-refractivity contribution is 7.92. The van der Waals surface area contributed by atoms with Crippen LogP contribution in [0.25, 0.3) is 16.7 Å². The molecule has 0 spiro atoms. The molecule has 32 heavy (non-hydrogen) atoms. The maximum absolute atomic E-state index is 12.9. The van der Waals surface area contributed by atoms with E-state index in [1.54, 1.807) is 25.1 Å². The van der Waals surface area contributed by atoms with Crippen LogP contribution in [0.5, 0.6) is 0 Å². The van der Waals surface area contributed by atoms with E-state index in [2.05, 4.69) is 15.3 Å². The maximum Gasteiger partial charge on any atom is 0.333 e. The fraction of sp³-hybridized carbons (Fsp3) is 0.0526. The summed E-state index contributed by atoms with van der Waals surface area (Å²) in [5, 5.41) is 3.23. The van der Waals surface area contributed by atoms with Gasteiger partial charge in [0, 0.05) is 5.02 Å². The average molecular weight is 510 g/mol. The number of benzene rings is 1. The molecule has 0 atom stereocenters. The fourth-order valence-corrected chi connectivity index (χ4v) is 5.46. The predicted molar refractivity (Wildman–Crippen MR) is 124 cm³/mol. The number of hydrogen-bond acceptors (Lipinski definition) is 7. The fourth-order valence-electron chi connectivity index (χ4n) is 2.90. The van der Waals surface area contributed by atoms with Gasteiger partial charge >= 0.3 is 6.03 Å². The minimum Gasteiger partial charge on any atom is -0.306 e. The Hall–Kier alpha value is -2.99. The first kappa shape index (κ1) is 22.2. The van der Waals surface area contributed by atoms with Gasteiger partial charge in [-0.3, -0.25) is 4.79 Å². The molecule has 0 unspecified atom stereocenters. The van der Waals surface area contributed by atoms with Gasteiger partial charge in [-0.1, -0.05) is 23.2 Å². The Bertz CT molecular complexity index is 1520. The zero-order chi connectivity index (χ0) is 23.0. The van der Waals surface area contributed by atoms with Gasteiger partial charge in [-0.05, 0) is 49.4 Å². The molecule has 2 amide bonds. The molecule has 4 rings (SSSR count). The van der Waals surface area contributed by atoms with Gasteiger partial charge in [0.25, 0.3) is 15.6 Å². The number of nitrogens with one attached hydrogen (secondary N) is 2. The van der Waals surface area contributed by atoms with Crippen LogP contribution < -0.4 is 15.6 Å². The van der Waals surface area contributed by atoms with E-state index in [0.29, 0.717) is 21.7 Å². The first-order valence-electron chi connectivity index (χ1n) is 8.88. The summed E-state index contributed by atoms with van der Waals surface area (Å²) >= 11 is 12.5. The number of aromatic nitrogens is 3. The third-order valence-corrected chi connectivity index (χ3v) is 7.56. The van der Waals surface area contributed by atoms with Crippen molar-refractivity contribution >= 4 is 67.2 Å². The highest BCUT2D eigenvalue weighted by Crippen LogP contribution is 2.25. The number of urea groups is 1. The molecule has 0 aliphatic carbocycles. The molecule has 2 N–H and O–H groups in total. The second kappa shape index (κ2) is 8.51. The average Bonchev–Trinajstić information content (AvgIpc) is 3.16. The SMILES string of the molecule is Cc1nc2cc(Cl)ccc2c(=O)n1-c1ccc(NC(=O)NS(=O)(=O)c2ccc(Cl)s2)cn1. The monoisotopic (exact) mass is 509 g/mol. The van der Waals surface area contributed by atoms with Crippen LogP contribution in [-0.4, -0.2) is 29.0 Å². The molecule has 0 saturated carbocycles. The van der Waals surface area contributed by atoms with Crippen LogP contribution in [0, 0.1) is 6.92 Å². The Kier molecular flexibility index (Phi) is 5.91. The number of carbonyl (C=O) groups is 1. The lowest BCUT2D eigenvalue weighted by molar-refractivity contribution is 0.256. The van der Waals surface area contributed by atoms with E-state index in [-0.39, 0.29) is 25.6 Å². The summed E-state index contributed by atoms with van der Waals surface area (Å²) in [6, 6.07) is 9.52. The van der Waals surface area contributed by atoms with Crippen molar-refractivity contribution in [3.63, 3.8) is 0 Å². The molecule has 3 aromatic heterocycles. The summed E-state index contributed by atoms with van der Waals surface area (Å²) < 4.78 is 27.8. The molecular formula is C19H13Cl2N5O4S2. The summed E-state index contributed by atoms with van der Waals surface area (Å²) in [6.07, 6.45) is 1.29. The summed E-state index contributed by atoms with van der Waals surface area (Å²) in [4.78, 5) is 33.6. The first-order valence-corrected chi connectivity index (χ1v) is 11.9. The van der Waals surface area contributed by atoms with E-state index in [1.165, 1.54) is 35.0 Å². The molecule has 0 radical (unpaired) electrons. The highest BCUT2D eigenvalue weighted by Gasteiger charge is 2.20. The molecule has 9 nitrogen and oxygen atoms in total. The van der Waals surface area contributed by atoms with Crippen molar-refractivity contribution in [1.29, 1.82) is 0 Å². The second-order valence-corrected chi connectivity index (χ2v) is 10.5. The molecule has 13 heteroatoms. The van der Waals surface area contributed by atoms with E-state index in [0.717, 1.165) is 11.3 Å². The number of carbonyl (C=O) groups excluding carboxylic acids is 1. The van der Waals surface area contributed by atoms with Crippen LogP contribution in [0.15, 0.2) is 57.7 Å². The smallest absolute Gasteiger partial charge is 0.306 e. The van der Waals surface area contributed by atoms with Crippen molar-refractivity contribution < 1.29 is 13.2 Å². The Morgan fingerprint density at radius 3 is 2.56 bits per heavy atom. The van der Waals surface area contributed by atoms with E-state index in [9.17, 15) is 18.0 Å². The zero-order valence-electron chi connectivity index (χ0n) is 16.2. The lowest BCUT2D eigenvalue weighted by Crippen LogP contribution is -2.34. The lowest BCUT2D eigenvalue weighted by Gasteiger charge is -2.11. The number of sulfonamides is 1. The number of anilines is 1. The molecule has 0 bridgehead atoms. The van der Waals surface area contributed by atoms with E-state index >= 15 is 0 Å². The largest absolute Gasteiger partial charge is 0.333 e. The van der Waals surface area contributed by atoms with Gasteiger partial charge in [0.15, 0.2) is 0 Å². The first-order chi connectivity index (χ1) is 15.1. The van der Waals surface area contributed by atoms with Gasteiger partial charge in [0.2, 0.25) is 0 Å². The lowest BCUT2D eigenvalue weighted by atomic mass is 10.2. The number of pyridine rings is 1. The molecule has 0 aliphatic heterocycles. The zero-order valence-corrected chi connectivity index (χ0v) is 19.3. The van der Waals surface area contributed by atoms with E-state index in [1.807, 2.05) is 4.72 Å². The van der Waals surface area contributed by atoms with Crippen molar-refractivity contribution in [2.45, 2.75) is 11.1 Å². The predicted octanol–water partition coefficient (Wildman–Crippen LogP) is 3.97.